The first-order valence-corrected chi connectivity index (χ1v) is 5.51. The number of ether oxygens (including phenoxy) is 1. The fourth-order valence-corrected chi connectivity index (χ4v) is 1.89. The molecule has 0 bridgehead atoms. The minimum Gasteiger partial charge on any atom is -0.425 e. The van der Waals surface area contributed by atoms with Crippen molar-refractivity contribution < 1.29 is 14.3 Å². The van der Waals surface area contributed by atoms with Crippen molar-refractivity contribution in [3.8, 4) is 5.75 Å². The summed E-state index contributed by atoms with van der Waals surface area (Å²) in [5, 5.41) is 0. The number of aliphatic imine (C=N–C) groups is 1. The van der Waals surface area contributed by atoms with Crippen LogP contribution in [0.1, 0.15) is 24.2 Å². The maximum Gasteiger partial charge on any atom is 0.328 e. The Morgan fingerprint density at radius 1 is 1.35 bits per heavy atom. The Kier molecular flexibility index (Phi) is 3.04. The van der Waals surface area contributed by atoms with Crippen LogP contribution < -0.4 is 4.74 Å². The van der Waals surface area contributed by atoms with E-state index in [9.17, 15) is 9.59 Å². The number of fused-ring (bicyclic) bond motifs is 1. The normalized spacial score (nSPS) is 19.9. The zero-order valence-corrected chi connectivity index (χ0v) is 9.77. The highest BCUT2D eigenvalue weighted by Crippen LogP contribution is 2.28. The van der Waals surface area contributed by atoms with Gasteiger partial charge in [-0.25, -0.2) is 0 Å². The number of rotatable bonds is 2. The molecule has 0 amide bonds. The van der Waals surface area contributed by atoms with Crippen LogP contribution in [-0.4, -0.2) is 24.0 Å². The number of carbonyl (C=O) groups excluding carboxylic acids is 2. The molecule has 0 saturated heterocycles. The van der Waals surface area contributed by atoms with E-state index in [1.807, 2.05) is 6.92 Å². The van der Waals surface area contributed by atoms with Crippen LogP contribution >= 0.6 is 0 Å². The van der Waals surface area contributed by atoms with Gasteiger partial charge in [-0.15, -0.1) is 0 Å². The summed E-state index contributed by atoms with van der Waals surface area (Å²) in [7, 11) is 0. The number of ketones is 1. The number of hydrogen-bond donors (Lipinski definition) is 0. The van der Waals surface area contributed by atoms with Gasteiger partial charge in [0.25, 0.3) is 0 Å². The molecule has 4 nitrogen and oxygen atoms in total. The number of hydrogen-bond acceptors (Lipinski definition) is 4. The van der Waals surface area contributed by atoms with Crippen LogP contribution in [-0.2, 0) is 4.79 Å². The molecule has 1 atom stereocenters. The summed E-state index contributed by atoms with van der Waals surface area (Å²) < 4.78 is 5.14. The number of benzene rings is 1. The van der Waals surface area contributed by atoms with Gasteiger partial charge in [0.1, 0.15) is 5.75 Å². The van der Waals surface area contributed by atoms with Crippen LogP contribution in [0.2, 0.25) is 0 Å². The SMILES string of the molecule is CCN=C(C)C1C(=O)Oc2ccccc2C1=O. The second-order valence-corrected chi connectivity index (χ2v) is 3.83. The van der Waals surface area contributed by atoms with Crippen molar-refractivity contribution in [2.24, 2.45) is 10.9 Å². The molecule has 4 heteroatoms. The van der Waals surface area contributed by atoms with Gasteiger partial charge in [0, 0.05) is 12.3 Å². The first-order chi connectivity index (χ1) is 8.15. The molecule has 0 aliphatic carbocycles. The largest absolute Gasteiger partial charge is 0.425 e. The van der Waals surface area contributed by atoms with Crippen molar-refractivity contribution in [3.05, 3.63) is 29.8 Å². The Bertz CT molecular complexity index is 505. The highest BCUT2D eigenvalue weighted by Gasteiger charge is 2.37. The molecular formula is C13H13NO3. The summed E-state index contributed by atoms with van der Waals surface area (Å²) in [5.41, 5.74) is 0.958. The third-order valence-corrected chi connectivity index (χ3v) is 2.69. The molecule has 1 aromatic carbocycles. The van der Waals surface area contributed by atoms with E-state index < -0.39 is 11.9 Å². The molecule has 0 N–H and O–H groups in total. The molecule has 17 heavy (non-hydrogen) atoms. The molecule has 1 aliphatic heterocycles. The highest BCUT2D eigenvalue weighted by molar-refractivity contribution is 6.26. The molecule has 1 heterocycles. The molecular weight excluding hydrogens is 218 g/mol. The van der Waals surface area contributed by atoms with E-state index in [0.29, 0.717) is 23.6 Å². The van der Waals surface area contributed by atoms with Gasteiger partial charge < -0.3 is 4.74 Å². The second kappa shape index (κ2) is 4.49. The average molecular weight is 231 g/mol. The fraction of sp³-hybridized carbons (Fsp3) is 0.308. The van der Waals surface area contributed by atoms with E-state index in [1.165, 1.54) is 0 Å². The molecule has 2 rings (SSSR count). The summed E-state index contributed by atoms with van der Waals surface area (Å²) in [6, 6.07) is 6.76. The van der Waals surface area contributed by atoms with E-state index in [0.717, 1.165) is 0 Å². The van der Waals surface area contributed by atoms with E-state index >= 15 is 0 Å². The summed E-state index contributed by atoms with van der Waals surface area (Å²) in [5.74, 6) is -1.32. The standard InChI is InChI=1S/C13H13NO3/c1-3-14-8(2)11-12(15)9-6-4-5-7-10(9)17-13(11)16/h4-7,11H,3H2,1-2H3. The zero-order valence-electron chi connectivity index (χ0n) is 9.77. The topological polar surface area (TPSA) is 55.7 Å². The molecule has 88 valence electrons. The lowest BCUT2D eigenvalue weighted by molar-refractivity contribution is -0.135. The maximum atomic E-state index is 12.2. The molecule has 0 spiro atoms. The Hall–Kier alpha value is -1.97. The van der Waals surface area contributed by atoms with E-state index in [-0.39, 0.29) is 5.78 Å². The lowest BCUT2D eigenvalue weighted by atomic mass is 9.91. The van der Waals surface area contributed by atoms with Gasteiger partial charge in [-0.05, 0) is 26.0 Å². The first kappa shape index (κ1) is 11.5. The van der Waals surface area contributed by atoms with Gasteiger partial charge in [-0.3, -0.25) is 14.6 Å². The average Bonchev–Trinajstić information content (AvgIpc) is 2.29. The Labute approximate surface area is 99.3 Å². The summed E-state index contributed by atoms with van der Waals surface area (Å²) in [6.45, 7) is 4.09. The molecule has 1 aromatic rings. The van der Waals surface area contributed by atoms with Crippen LogP contribution in [0, 0.1) is 5.92 Å². The third-order valence-electron chi connectivity index (χ3n) is 2.69. The lowest BCUT2D eigenvalue weighted by Crippen LogP contribution is -2.38. The second-order valence-electron chi connectivity index (χ2n) is 3.83. The van der Waals surface area contributed by atoms with Crippen molar-refractivity contribution in [1.29, 1.82) is 0 Å². The first-order valence-electron chi connectivity index (χ1n) is 5.51. The molecule has 1 aliphatic rings. The van der Waals surface area contributed by atoms with Crippen molar-refractivity contribution in [3.63, 3.8) is 0 Å². The van der Waals surface area contributed by atoms with Crippen molar-refractivity contribution in [2.45, 2.75) is 13.8 Å². The van der Waals surface area contributed by atoms with E-state index in [1.54, 1.807) is 31.2 Å². The smallest absolute Gasteiger partial charge is 0.328 e. The van der Waals surface area contributed by atoms with Crippen molar-refractivity contribution >= 4 is 17.5 Å². The van der Waals surface area contributed by atoms with Crippen molar-refractivity contribution in [2.75, 3.05) is 6.54 Å². The van der Waals surface area contributed by atoms with Gasteiger partial charge in [-0.2, -0.15) is 0 Å². The van der Waals surface area contributed by atoms with Gasteiger partial charge >= 0.3 is 5.97 Å². The minimum absolute atomic E-state index is 0.230. The van der Waals surface area contributed by atoms with Crippen LogP contribution in [0.15, 0.2) is 29.3 Å². The summed E-state index contributed by atoms with van der Waals surface area (Å²) >= 11 is 0. The zero-order chi connectivity index (χ0) is 12.4. The van der Waals surface area contributed by atoms with Crippen LogP contribution in [0.4, 0.5) is 0 Å². The van der Waals surface area contributed by atoms with Crippen molar-refractivity contribution in [1.82, 2.24) is 0 Å². The summed E-state index contributed by atoms with van der Waals surface area (Å²) in [6.07, 6.45) is 0. The molecule has 0 radical (unpaired) electrons. The third kappa shape index (κ3) is 1.98. The Balaban J connectivity index is 2.44. The van der Waals surface area contributed by atoms with Gasteiger partial charge in [0.05, 0.1) is 5.56 Å². The number of para-hydroxylation sites is 1. The molecule has 0 aromatic heterocycles. The van der Waals surface area contributed by atoms with E-state index in [2.05, 4.69) is 4.99 Å². The van der Waals surface area contributed by atoms with Gasteiger partial charge in [-0.1, -0.05) is 12.1 Å². The number of Topliss-reactive ketones (excluding diaryl/α,β-unsaturated/α-hetero) is 1. The molecule has 0 saturated carbocycles. The molecule has 1 unspecified atom stereocenters. The van der Waals surface area contributed by atoms with Gasteiger partial charge in [0.2, 0.25) is 0 Å². The van der Waals surface area contributed by atoms with Crippen LogP contribution in [0.5, 0.6) is 5.75 Å². The Morgan fingerprint density at radius 2 is 2.06 bits per heavy atom. The number of nitrogens with zero attached hydrogens (tertiary/aromatic N) is 1. The van der Waals surface area contributed by atoms with Crippen LogP contribution in [0.25, 0.3) is 0 Å². The Morgan fingerprint density at radius 3 is 2.76 bits per heavy atom. The van der Waals surface area contributed by atoms with Crippen LogP contribution in [0.3, 0.4) is 0 Å². The van der Waals surface area contributed by atoms with Gasteiger partial charge in [0.15, 0.2) is 11.7 Å². The fourth-order valence-electron chi connectivity index (χ4n) is 1.89. The quantitative estimate of drug-likeness (QED) is 0.338. The highest BCUT2D eigenvalue weighted by atomic mass is 16.5. The predicted molar refractivity (Wildman–Crippen MR) is 63.5 cm³/mol. The molecule has 0 fully saturated rings. The summed E-state index contributed by atoms with van der Waals surface area (Å²) in [4.78, 5) is 28.0. The number of carbonyl (C=O) groups is 2. The number of esters is 1. The van der Waals surface area contributed by atoms with E-state index in [4.69, 9.17) is 4.74 Å². The minimum atomic E-state index is -0.884. The predicted octanol–water partition coefficient (Wildman–Crippen LogP) is 1.89. The monoisotopic (exact) mass is 231 g/mol. The lowest BCUT2D eigenvalue weighted by Gasteiger charge is -2.21. The maximum absolute atomic E-state index is 12.2.